The van der Waals surface area contributed by atoms with Crippen molar-refractivity contribution < 1.29 is 23.4 Å². The van der Waals surface area contributed by atoms with Gasteiger partial charge in [0, 0.05) is 28.6 Å². The number of nitrogen functional groups attached to an aromatic ring is 1. The van der Waals surface area contributed by atoms with E-state index in [9.17, 15) is 9.18 Å². The lowest BCUT2D eigenvalue weighted by molar-refractivity contribution is 0.0595. The van der Waals surface area contributed by atoms with Gasteiger partial charge in [-0.25, -0.2) is 14.2 Å². The smallest absolute Gasteiger partial charge is 0.338 e. The van der Waals surface area contributed by atoms with Crippen LogP contribution in [-0.4, -0.2) is 30.2 Å². The van der Waals surface area contributed by atoms with Gasteiger partial charge in [0.25, 0.3) is 0 Å². The van der Waals surface area contributed by atoms with Crippen LogP contribution in [0.2, 0.25) is 0 Å². The van der Waals surface area contributed by atoms with Gasteiger partial charge in [-0.2, -0.15) is 0 Å². The minimum Gasteiger partial charge on any atom is -0.494 e. The van der Waals surface area contributed by atoms with Gasteiger partial charge in [-0.05, 0) is 50.1 Å². The maximum Gasteiger partial charge on any atom is 0.338 e. The Morgan fingerprint density at radius 2 is 1.91 bits per heavy atom. The van der Waals surface area contributed by atoms with Crippen molar-refractivity contribution in [3.8, 4) is 22.6 Å². The Balaban J connectivity index is 1.97. The van der Waals surface area contributed by atoms with E-state index in [1.54, 1.807) is 32.5 Å². The van der Waals surface area contributed by atoms with Crippen molar-refractivity contribution in [3.63, 3.8) is 0 Å². The number of carbonyl (C=O) groups is 1. The minimum atomic E-state index is -0.700. The highest BCUT2D eigenvalue weighted by Crippen LogP contribution is 2.35. The van der Waals surface area contributed by atoms with E-state index in [-0.39, 0.29) is 11.4 Å². The third-order valence-electron chi connectivity index (χ3n) is 5.28. The number of nitrogens with zero attached hydrogens (tertiary/aromatic N) is 2. The lowest BCUT2D eigenvalue weighted by Crippen LogP contribution is -2.13. The second-order valence-electron chi connectivity index (χ2n) is 7.57. The Kier molecular flexibility index (Phi) is 7.82. The predicted molar refractivity (Wildman–Crippen MR) is 124 cm³/mol. The molecule has 0 unspecified atom stereocenters. The minimum absolute atomic E-state index is 0.167. The SMILES string of the molecule is CCCCc1cc(-c2cnc(N)c(O[C@H](C)c3cc(F)ccc3C(=O)OC)c2)c(OC)cn1. The van der Waals surface area contributed by atoms with Crippen LogP contribution in [-0.2, 0) is 11.2 Å². The molecule has 7 nitrogen and oxygen atoms in total. The molecule has 0 aliphatic heterocycles. The van der Waals surface area contributed by atoms with Crippen molar-refractivity contribution in [2.24, 2.45) is 0 Å². The number of aromatic nitrogens is 2. The summed E-state index contributed by atoms with van der Waals surface area (Å²) in [5, 5.41) is 0. The summed E-state index contributed by atoms with van der Waals surface area (Å²) in [6, 6.07) is 7.53. The third-order valence-corrected chi connectivity index (χ3v) is 5.28. The Labute approximate surface area is 192 Å². The number of hydrogen-bond donors (Lipinski definition) is 1. The van der Waals surface area contributed by atoms with Crippen LogP contribution in [0.25, 0.3) is 11.1 Å². The monoisotopic (exact) mass is 453 g/mol. The zero-order valence-electron chi connectivity index (χ0n) is 19.2. The molecule has 2 N–H and O–H groups in total. The van der Waals surface area contributed by atoms with Crippen LogP contribution >= 0.6 is 0 Å². The quantitative estimate of drug-likeness (QED) is 0.448. The van der Waals surface area contributed by atoms with Crippen LogP contribution in [0.3, 0.4) is 0 Å². The molecule has 3 rings (SSSR count). The highest BCUT2D eigenvalue weighted by Gasteiger charge is 2.21. The van der Waals surface area contributed by atoms with Crippen LogP contribution in [0, 0.1) is 5.82 Å². The number of benzene rings is 1. The number of anilines is 1. The number of methoxy groups -OCH3 is 2. The Hall–Kier alpha value is -3.68. The fourth-order valence-electron chi connectivity index (χ4n) is 3.49. The summed E-state index contributed by atoms with van der Waals surface area (Å²) in [5.41, 5.74) is 9.11. The summed E-state index contributed by atoms with van der Waals surface area (Å²) in [6.45, 7) is 3.83. The Morgan fingerprint density at radius 1 is 1.12 bits per heavy atom. The molecule has 0 spiro atoms. The van der Waals surface area contributed by atoms with E-state index in [0.29, 0.717) is 17.1 Å². The molecule has 1 atom stereocenters. The standard InChI is InChI=1S/C25H28FN3O4/c1-5-6-7-18-12-21(23(31-3)14-28-18)16-10-22(24(27)29-13-16)33-15(2)20-11-17(26)8-9-19(20)25(30)32-4/h8-15H,5-7H2,1-4H3,(H2,27,29)/t15-/m1/s1. The van der Waals surface area contributed by atoms with Crippen LogP contribution in [0.4, 0.5) is 10.2 Å². The van der Waals surface area contributed by atoms with E-state index in [1.807, 2.05) is 6.07 Å². The topological polar surface area (TPSA) is 96.6 Å². The first-order valence-corrected chi connectivity index (χ1v) is 10.7. The first kappa shape index (κ1) is 24.0. The molecule has 8 heteroatoms. The highest BCUT2D eigenvalue weighted by atomic mass is 19.1. The van der Waals surface area contributed by atoms with Gasteiger partial charge in [-0.15, -0.1) is 0 Å². The Morgan fingerprint density at radius 3 is 2.61 bits per heavy atom. The number of rotatable bonds is 9. The molecule has 0 saturated heterocycles. The van der Waals surface area contributed by atoms with Gasteiger partial charge in [0.05, 0.1) is 26.0 Å². The molecule has 2 heterocycles. The van der Waals surface area contributed by atoms with E-state index in [2.05, 4.69) is 16.9 Å². The number of halogens is 1. The summed E-state index contributed by atoms with van der Waals surface area (Å²) in [6.07, 6.45) is 5.57. The molecule has 0 saturated carbocycles. The summed E-state index contributed by atoms with van der Waals surface area (Å²) >= 11 is 0. The van der Waals surface area contributed by atoms with Gasteiger partial charge in [-0.1, -0.05) is 13.3 Å². The zero-order chi connectivity index (χ0) is 24.0. The molecule has 0 radical (unpaired) electrons. The number of ether oxygens (including phenoxy) is 3. The second kappa shape index (κ2) is 10.8. The molecule has 0 bridgehead atoms. The van der Waals surface area contributed by atoms with Crippen molar-refractivity contribution in [1.29, 1.82) is 0 Å². The van der Waals surface area contributed by atoms with Crippen LogP contribution in [0.5, 0.6) is 11.5 Å². The Bertz CT molecular complexity index is 1140. The van der Waals surface area contributed by atoms with Crippen molar-refractivity contribution in [3.05, 3.63) is 65.4 Å². The van der Waals surface area contributed by atoms with Crippen LogP contribution < -0.4 is 15.2 Å². The van der Waals surface area contributed by atoms with Crippen molar-refractivity contribution in [2.75, 3.05) is 20.0 Å². The molecule has 3 aromatic rings. The summed E-state index contributed by atoms with van der Waals surface area (Å²) in [7, 11) is 2.85. The maximum absolute atomic E-state index is 13.9. The fraction of sp³-hybridized carbons (Fsp3) is 0.320. The van der Waals surface area contributed by atoms with E-state index in [4.69, 9.17) is 19.9 Å². The summed E-state index contributed by atoms with van der Waals surface area (Å²) in [5.74, 6) is -0.00987. The van der Waals surface area contributed by atoms with Crippen molar-refractivity contribution in [1.82, 2.24) is 9.97 Å². The molecular formula is C25H28FN3O4. The molecule has 0 fully saturated rings. The number of esters is 1. The molecular weight excluding hydrogens is 425 g/mol. The molecule has 0 aliphatic carbocycles. The summed E-state index contributed by atoms with van der Waals surface area (Å²) < 4.78 is 30.3. The number of hydrogen-bond acceptors (Lipinski definition) is 7. The molecule has 174 valence electrons. The average Bonchev–Trinajstić information content (AvgIpc) is 2.83. The van der Waals surface area contributed by atoms with Crippen molar-refractivity contribution >= 4 is 11.8 Å². The largest absolute Gasteiger partial charge is 0.494 e. The number of pyridine rings is 2. The predicted octanol–water partition coefficient (Wildman–Crippen LogP) is 5.14. The normalized spacial score (nSPS) is 11.7. The molecule has 1 aromatic carbocycles. The molecule has 0 aliphatic rings. The number of carbonyl (C=O) groups excluding carboxylic acids is 1. The molecule has 2 aromatic heterocycles. The first-order valence-electron chi connectivity index (χ1n) is 10.7. The van der Waals surface area contributed by atoms with Crippen LogP contribution in [0.15, 0.2) is 42.7 Å². The van der Waals surface area contributed by atoms with Gasteiger partial charge >= 0.3 is 5.97 Å². The lowest BCUT2D eigenvalue weighted by Gasteiger charge is -2.19. The second-order valence-corrected chi connectivity index (χ2v) is 7.57. The van der Waals surface area contributed by atoms with E-state index in [0.717, 1.165) is 36.1 Å². The van der Waals surface area contributed by atoms with Gasteiger partial charge in [0.2, 0.25) is 0 Å². The van der Waals surface area contributed by atoms with E-state index < -0.39 is 17.9 Å². The van der Waals surface area contributed by atoms with Crippen molar-refractivity contribution in [2.45, 2.75) is 39.2 Å². The van der Waals surface area contributed by atoms with Gasteiger partial charge in [0.1, 0.15) is 17.7 Å². The van der Waals surface area contributed by atoms with Gasteiger partial charge in [0.15, 0.2) is 11.6 Å². The van der Waals surface area contributed by atoms with Gasteiger partial charge < -0.3 is 19.9 Å². The van der Waals surface area contributed by atoms with E-state index in [1.165, 1.54) is 25.3 Å². The zero-order valence-corrected chi connectivity index (χ0v) is 19.2. The maximum atomic E-state index is 13.9. The van der Waals surface area contributed by atoms with E-state index >= 15 is 0 Å². The lowest BCUT2D eigenvalue weighted by atomic mass is 10.0. The highest BCUT2D eigenvalue weighted by molar-refractivity contribution is 5.91. The third kappa shape index (κ3) is 5.58. The average molecular weight is 454 g/mol. The number of unbranched alkanes of at least 4 members (excludes halogenated alkanes) is 1. The van der Waals surface area contributed by atoms with Crippen LogP contribution in [0.1, 0.15) is 54.4 Å². The first-order chi connectivity index (χ1) is 15.9. The molecule has 33 heavy (non-hydrogen) atoms. The number of nitrogens with two attached hydrogens (primary N) is 1. The molecule has 0 amide bonds. The number of aryl methyl sites for hydroxylation is 1. The van der Waals surface area contributed by atoms with Gasteiger partial charge in [-0.3, -0.25) is 4.98 Å². The fourth-order valence-corrected chi connectivity index (χ4v) is 3.49. The summed E-state index contributed by atoms with van der Waals surface area (Å²) in [4.78, 5) is 20.9.